The second-order valence-electron chi connectivity index (χ2n) is 6.76. The van der Waals surface area contributed by atoms with Crippen LogP contribution in [0.1, 0.15) is 25.3 Å². The Morgan fingerprint density at radius 3 is 2.58 bits per heavy atom. The molecule has 5 heteroatoms. The first-order chi connectivity index (χ1) is 11.8. The Bertz CT molecular complexity index is 522. The van der Waals surface area contributed by atoms with Crippen molar-refractivity contribution in [2.45, 2.75) is 26.7 Å². The lowest BCUT2D eigenvalue weighted by atomic mass is 10.1. The van der Waals surface area contributed by atoms with Crippen LogP contribution in [0.15, 0.2) is 12.1 Å². The summed E-state index contributed by atoms with van der Waals surface area (Å²) < 4.78 is 5.82. The zero-order chi connectivity index (χ0) is 16.8. The number of anilines is 2. The number of likely N-dealkylation sites (tertiary alicyclic amines) is 1. The van der Waals surface area contributed by atoms with Gasteiger partial charge in [0.25, 0.3) is 0 Å². The summed E-state index contributed by atoms with van der Waals surface area (Å²) in [5.74, 6) is 0.973. The Morgan fingerprint density at radius 2 is 1.88 bits per heavy atom. The van der Waals surface area contributed by atoms with Crippen molar-refractivity contribution in [3.8, 4) is 5.75 Å². The lowest BCUT2D eigenvalue weighted by molar-refractivity contribution is 0.340. The number of piperazine rings is 1. The van der Waals surface area contributed by atoms with Gasteiger partial charge in [0.05, 0.1) is 6.61 Å². The van der Waals surface area contributed by atoms with Gasteiger partial charge in [0.15, 0.2) is 0 Å². The number of benzene rings is 1. The number of nitrogens with one attached hydrogen (secondary N) is 2. The smallest absolute Gasteiger partial charge is 0.123 e. The van der Waals surface area contributed by atoms with Crippen LogP contribution >= 0.6 is 0 Å². The molecular weight excluding hydrogens is 300 g/mol. The van der Waals surface area contributed by atoms with Crippen molar-refractivity contribution in [1.29, 1.82) is 0 Å². The molecule has 2 heterocycles. The minimum Gasteiger partial charge on any atom is -0.494 e. The van der Waals surface area contributed by atoms with E-state index in [9.17, 15) is 0 Å². The molecule has 0 unspecified atom stereocenters. The Kier molecular flexibility index (Phi) is 6.21. The van der Waals surface area contributed by atoms with Gasteiger partial charge in [-0.15, -0.1) is 0 Å². The molecule has 2 fully saturated rings. The summed E-state index contributed by atoms with van der Waals surface area (Å²) in [6, 6.07) is 4.37. The molecule has 0 aromatic heterocycles. The molecule has 0 amide bonds. The van der Waals surface area contributed by atoms with Gasteiger partial charge in [-0.3, -0.25) is 0 Å². The van der Waals surface area contributed by atoms with Gasteiger partial charge in [0, 0.05) is 62.8 Å². The molecule has 2 aliphatic rings. The third kappa shape index (κ3) is 4.33. The summed E-state index contributed by atoms with van der Waals surface area (Å²) in [5, 5.41) is 7.08. The maximum absolute atomic E-state index is 5.82. The van der Waals surface area contributed by atoms with Crippen LogP contribution in [0.3, 0.4) is 0 Å². The topological polar surface area (TPSA) is 39.8 Å². The van der Waals surface area contributed by atoms with E-state index in [0.717, 1.165) is 45.0 Å². The van der Waals surface area contributed by atoms with Crippen LogP contribution in [-0.4, -0.2) is 63.9 Å². The Hall–Kier alpha value is -1.46. The van der Waals surface area contributed by atoms with Gasteiger partial charge < -0.3 is 25.2 Å². The molecule has 0 bridgehead atoms. The molecule has 134 valence electrons. The van der Waals surface area contributed by atoms with Crippen molar-refractivity contribution in [3.63, 3.8) is 0 Å². The SMILES string of the molecule is CCOc1cc(NCCN2CCCC2)c(C)c(N2CCNCC2)c1. The summed E-state index contributed by atoms with van der Waals surface area (Å²) in [7, 11) is 0. The molecule has 0 radical (unpaired) electrons. The third-order valence-electron chi connectivity index (χ3n) is 5.06. The minimum absolute atomic E-state index is 0.706. The molecule has 2 saturated heterocycles. The molecule has 1 aromatic carbocycles. The second-order valence-corrected chi connectivity index (χ2v) is 6.76. The summed E-state index contributed by atoms with van der Waals surface area (Å²) in [6.07, 6.45) is 2.71. The van der Waals surface area contributed by atoms with E-state index in [1.165, 1.54) is 42.9 Å². The van der Waals surface area contributed by atoms with Crippen LogP contribution in [-0.2, 0) is 0 Å². The maximum atomic E-state index is 5.82. The van der Waals surface area contributed by atoms with Crippen LogP contribution in [0, 0.1) is 6.92 Å². The number of hydrogen-bond acceptors (Lipinski definition) is 5. The van der Waals surface area contributed by atoms with Crippen molar-refractivity contribution >= 4 is 11.4 Å². The van der Waals surface area contributed by atoms with E-state index in [2.05, 4.69) is 39.5 Å². The van der Waals surface area contributed by atoms with Crippen molar-refractivity contribution in [2.24, 2.45) is 0 Å². The molecule has 5 nitrogen and oxygen atoms in total. The van der Waals surface area contributed by atoms with Crippen molar-refractivity contribution in [3.05, 3.63) is 17.7 Å². The van der Waals surface area contributed by atoms with Gasteiger partial charge in [-0.1, -0.05) is 0 Å². The zero-order valence-corrected chi connectivity index (χ0v) is 15.2. The number of nitrogens with zero attached hydrogens (tertiary/aromatic N) is 2. The van der Waals surface area contributed by atoms with Crippen LogP contribution < -0.4 is 20.3 Å². The Labute approximate surface area is 146 Å². The molecule has 24 heavy (non-hydrogen) atoms. The van der Waals surface area contributed by atoms with E-state index in [4.69, 9.17) is 4.74 Å². The quantitative estimate of drug-likeness (QED) is 0.802. The fraction of sp³-hybridized carbons (Fsp3) is 0.684. The molecule has 0 spiro atoms. The minimum atomic E-state index is 0.706. The van der Waals surface area contributed by atoms with Gasteiger partial charge in [-0.25, -0.2) is 0 Å². The first-order valence-electron chi connectivity index (χ1n) is 9.47. The predicted molar refractivity (Wildman–Crippen MR) is 102 cm³/mol. The van der Waals surface area contributed by atoms with E-state index in [1.807, 2.05) is 6.92 Å². The number of ether oxygens (including phenoxy) is 1. The van der Waals surface area contributed by atoms with Crippen LogP contribution in [0.2, 0.25) is 0 Å². The number of rotatable bonds is 7. The number of hydrogen-bond donors (Lipinski definition) is 2. The van der Waals surface area contributed by atoms with E-state index in [1.54, 1.807) is 0 Å². The van der Waals surface area contributed by atoms with Crippen molar-refractivity contribution < 1.29 is 4.74 Å². The predicted octanol–water partition coefficient (Wildman–Crippen LogP) is 2.31. The lowest BCUT2D eigenvalue weighted by Gasteiger charge is -2.32. The molecule has 0 aliphatic carbocycles. The van der Waals surface area contributed by atoms with Crippen molar-refractivity contribution in [2.75, 3.05) is 69.2 Å². The molecular formula is C19H32N4O. The average Bonchev–Trinajstić information content (AvgIpc) is 3.12. The Balaban J connectivity index is 1.71. The fourth-order valence-electron chi connectivity index (χ4n) is 3.70. The first-order valence-corrected chi connectivity index (χ1v) is 9.47. The highest BCUT2D eigenvalue weighted by molar-refractivity contribution is 5.69. The highest BCUT2D eigenvalue weighted by atomic mass is 16.5. The largest absolute Gasteiger partial charge is 0.494 e. The highest BCUT2D eigenvalue weighted by Crippen LogP contribution is 2.33. The van der Waals surface area contributed by atoms with Gasteiger partial charge in [0.2, 0.25) is 0 Å². The summed E-state index contributed by atoms with van der Waals surface area (Å²) in [5.41, 5.74) is 3.86. The molecule has 3 rings (SSSR count). The zero-order valence-electron chi connectivity index (χ0n) is 15.2. The summed E-state index contributed by atoms with van der Waals surface area (Å²) >= 11 is 0. The van der Waals surface area contributed by atoms with E-state index < -0.39 is 0 Å². The molecule has 0 atom stereocenters. The lowest BCUT2D eigenvalue weighted by Crippen LogP contribution is -2.43. The standard InChI is InChI=1S/C19H32N4O/c1-3-24-17-14-18(21-8-11-22-9-4-5-10-22)16(2)19(15-17)23-12-6-20-7-13-23/h14-15,20-21H,3-13H2,1-2H3. The third-order valence-corrected chi connectivity index (χ3v) is 5.06. The average molecular weight is 332 g/mol. The van der Waals surface area contributed by atoms with E-state index >= 15 is 0 Å². The molecule has 2 N–H and O–H groups in total. The molecule has 2 aliphatic heterocycles. The first kappa shape index (κ1) is 17.4. The van der Waals surface area contributed by atoms with Gasteiger partial charge in [-0.05, 0) is 45.3 Å². The molecule has 1 aromatic rings. The van der Waals surface area contributed by atoms with Crippen molar-refractivity contribution in [1.82, 2.24) is 10.2 Å². The maximum Gasteiger partial charge on any atom is 0.123 e. The van der Waals surface area contributed by atoms with E-state index in [0.29, 0.717) is 6.61 Å². The summed E-state index contributed by atoms with van der Waals surface area (Å²) in [4.78, 5) is 5.02. The second kappa shape index (κ2) is 8.58. The van der Waals surface area contributed by atoms with Gasteiger partial charge in [0.1, 0.15) is 5.75 Å². The van der Waals surface area contributed by atoms with Gasteiger partial charge >= 0.3 is 0 Å². The fourth-order valence-corrected chi connectivity index (χ4v) is 3.70. The van der Waals surface area contributed by atoms with E-state index in [-0.39, 0.29) is 0 Å². The monoisotopic (exact) mass is 332 g/mol. The summed E-state index contributed by atoms with van der Waals surface area (Å²) in [6.45, 7) is 13.8. The van der Waals surface area contributed by atoms with Gasteiger partial charge in [-0.2, -0.15) is 0 Å². The van der Waals surface area contributed by atoms with Crippen LogP contribution in [0.5, 0.6) is 5.75 Å². The Morgan fingerprint density at radius 1 is 1.12 bits per heavy atom. The highest BCUT2D eigenvalue weighted by Gasteiger charge is 2.17. The van der Waals surface area contributed by atoms with Crippen LogP contribution in [0.4, 0.5) is 11.4 Å². The normalized spacial score (nSPS) is 18.8. The van der Waals surface area contributed by atoms with Crippen LogP contribution in [0.25, 0.3) is 0 Å². The molecule has 0 saturated carbocycles.